The van der Waals surface area contributed by atoms with E-state index in [4.69, 9.17) is 4.74 Å². The predicted molar refractivity (Wildman–Crippen MR) is 109 cm³/mol. The fourth-order valence-corrected chi connectivity index (χ4v) is 3.32. The molecular weight excluding hydrogens is 393 g/mol. The highest BCUT2D eigenvalue weighted by atomic mass is 32.1. The van der Waals surface area contributed by atoms with Gasteiger partial charge in [-0.3, -0.25) is 20.4 Å². The van der Waals surface area contributed by atoms with Crippen LogP contribution < -0.4 is 15.6 Å². The number of nitrogens with one attached hydrogen (secondary N) is 2. The minimum Gasteiger partial charge on any atom is -0.493 e. The Hall–Kier alpha value is -3.26. The van der Waals surface area contributed by atoms with Gasteiger partial charge in [0.2, 0.25) is 11.8 Å². The molecule has 0 spiro atoms. The molecular formula is C21H20FN3O3S. The Labute approximate surface area is 171 Å². The molecule has 1 heterocycles. The van der Waals surface area contributed by atoms with E-state index in [1.807, 2.05) is 31.2 Å². The van der Waals surface area contributed by atoms with E-state index in [9.17, 15) is 14.0 Å². The molecule has 150 valence electrons. The number of aryl methyl sites for hydroxylation is 1. The van der Waals surface area contributed by atoms with Gasteiger partial charge in [0.1, 0.15) is 16.6 Å². The first-order valence-electron chi connectivity index (χ1n) is 8.98. The third-order valence-corrected chi connectivity index (χ3v) is 4.95. The molecule has 0 aliphatic rings. The van der Waals surface area contributed by atoms with Gasteiger partial charge in [0, 0.05) is 10.9 Å². The number of amides is 2. The number of carbonyl (C=O) groups excluding carboxylic acids is 2. The van der Waals surface area contributed by atoms with Crippen molar-refractivity contribution in [1.82, 2.24) is 15.8 Å². The van der Waals surface area contributed by atoms with Crippen molar-refractivity contribution < 1.29 is 18.7 Å². The number of rotatable bonds is 7. The van der Waals surface area contributed by atoms with Gasteiger partial charge in [-0.05, 0) is 42.8 Å². The third-order valence-electron chi connectivity index (χ3n) is 4.01. The molecule has 0 fully saturated rings. The average Bonchev–Trinajstić information content (AvgIpc) is 3.17. The monoisotopic (exact) mass is 413 g/mol. The Morgan fingerprint density at radius 2 is 1.79 bits per heavy atom. The molecule has 0 atom stereocenters. The molecule has 0 saturated carbocycles. The summed E-state index contributed by atoms with van der Waals surface area (Å²) in [6, 6.07) is 13.5. The summed E-state index contributed by atoms with van der Waals surface area (Å²) in [6.07, 6.45) is 0.137. The van der Waals surface area contributed by atoms with Crippen molar-refractivity contribution in [2.75, 3.05) is 6.61 Å². The zero-order valence-corrected chi connectivity index (χ0v) is 16.6. The highest BCUT2D eigenvalue weighted by Crippen LogP contribution is 2.24. The molecule has 2 amide bonds. The van der Waals surface area contributed by atoms with Gasteiger partial charge in [0.05, 0.1) is 25.1 Å². The van der Waals surface area contributed by atoms with Crippen LogP contribution in [0.5, 0.6) is 5.75 Å². The number of thiazole rings is 1. The van der Waals surface area contributed by atoms with Crippen molar-refractivity contribution in [3.05, 3.63) is 71.0 Å². The number of aromatic nitrogens is 1. The summed E-state index contributed by atoms with van der Waals surface area (Å²) in [5, 5.41) is 2.46. The molecule has 29 heavy (non-hydrogen) atoms. The Balaban J connectivity index is 1.40. The maximum Gasteiger partial charge on any atom is 0.244 e. The minimum absolute atomic E-state index is 0.0255. The van der Waals surface area contributed by atoms with Crippen LogP contribution in [0.15, 0.2) is 53.9 Å². The lowest BCUT2D eigenvalue weighted by molar-refractivity contribution is -0.128. The van der Waals surface area contributed by atoms with Crippen molar-refractivity contribution in [3.8, 4) is 16.3 Å². The van der Waals surface area contributed by atoms with Gasteiger partial charge in [0.25, 0.3) is 0 Å². The second-order valence-electron chi connectivity index (χ2n) is 6.29. The van der Waals surface area contributed by atoms with Crippen molar-refractivity contribution in [3.63, 3.8) is 0 Å². The first-order chi connectivity index (χ1) is 14.0. The molecule has 0 aliphatic carbocycles. The number of nitrogens with zero attached hydrogens (tertiary/aromatic N) is 1. The maximum absolute atomic E-state index is 13.0. The van der Waals surface area contributed by atoms with Gasteiger partial charge < -0.3 is 4.74 Å². The standard InChI is InChI=1S/C21H20FN3O3S/c1-14-4-2-3-5-18(14)28-11-10-19(26)24-25-20(27)12-17-13-29-21(23-17)15-6-8-16(22)9-7-15/h2-9,13H,10-12H2,1H3,(H,24,26)(H,25,27). The summed E-state index contributed by atoms with van der Waals surface area (Å²) >= 11 is 1.37. The lowest BCUT2D eigenvalue weighted by atomic mass is 10.2. The van der Waals surface area contributed by atoms with E-state index in [1.165, 1.54) is 23.5 Å². The van der Waals surface area contributed by atoms with Crippen LogP contribution >= 0.6 is 11.3 Å². The highest BCUT2D eigenvalue weighted by Gasteiger charge is 2.10. The number of ether oxygens (including phenoxy) is 1. The van der Waals surface area contributed by atoms with Gasteiger partial charge in [-0.15, -0.1) is 11.3 Å². The molecule has 0 unspecified atom stereocenters. The number of benzene rings is 2. The molecule has 0 radical (unpaired) electrons. The van der Waals surface area contributed by atoms with Crippen molar-refractivity contribution in [1.29, 1.82) is 0 Å². The first-order valence-corrected chi connectivity index (χ1v) is 9.85. The van der Waals surface area contributed by atoms with E-state index in [1.54, 1.807) is 17.5 Å². The number of hydrogen-bond donors (Lipinski definition) is 2. The Bertz CT molecular complexity index is 989. The first kappa shape index (κ1) is 20.5. The largest absolute Gasteiger partial charge is 0.493 e. The quantitative estimate of drug-likeness (QED) is 0.582. The smallest absolute Gasteiger partial charge is 0.244 e. The third kappa shape index (κ3) is 6.11. The van der Waals surface area contributed by atoms with Crippen LogP contribution in [-0.2, 0) is 16.0 Å². The van der Waals surface area contributed by atoms with Crippen molar-refractivity contribution >= 4 is 23.2 Å². The van der Waals surface area contributed by atoms with Gasteiger partial charge in [-0.2, -0.15) is 0 Å². The molecule has 0 bridgehead atoms. The van der Waals surface area contributed by atoms with E-state index in [2.05, 4.69) is 15.8 Å². The van der Waals surface area contributed by atoms with E-state index >= 15 is 0 Å². The number of hydrogen-bond acceptors (Lipinski definition) is 5. The molecule has 3 rings (SSSR count). The van der Waals surface area contributed by atoms with Crippen molar-refractivity contribution in [2.45, 2.75) is 19.8 Å². The van der Waals surface area contributed by atoms with Gasteiger partial charge >= 0.3 is 0 Å². The van der Waals surface area contributed by atoms with Crippen LogP contribution in [0.3, 0.4) is 0 Å². The van der Waals surface area contributed by atoms with Crippen LogP contribution in [-0.4, -0.2) is 23.4 Å². The number of para-hydroxylation sites is 1. The lowest BCUT2D eigenvalue weighted by Crippen LogP contribution is -2.42. The van der Waals surface area contributed by atoms with Crippen LogP contribution in [0.25, 0.3) is 10.6 Å². The number of carbonyl (C=O) groups is 2. The highest BCUT2D eigenvalue weighted by molar-refractivity contribution is 7.13. The summed E-state index contributed by atoms with van der Waals surface area (Å²) in [7, 11) is 0. The SMILES string of the molecule is Cc1ccccc1OCCC(=O)NNC(=O)Cc1csc(-c2ccc(F)cc2)n1. The summed E-state index contributed by atoms with van der Waals surface area (Å²) in [6.45, 7) is 2.13. The predicted octanol–water partition coefficient (Wildman–Crippen LogP) is 3.42. The molecule has 2 aromatic carbocycles. The molecule has 3 aromatic rings. The summed E-state index contributed by atoms with van der Waals surface area (Å²) in [5.74, 6) is -0.318. The summed E-state index contributed by atoms with van der Waals surface area (Å²) in [4.78, 5) is 28.2. The summed E-state index contributed by atoms with van der Waals surface area (Å²) < 4.78 is 18.6. The van der Waals surface area contributed by atoms with E-state index < -0.39 is 0 Å². The maximum atomic E-state index is 13.0. The molecule has 8 heteroatoms. The van der Waals surface area contributed by atoms with E-state index in [-0.39, 0.29) is 37.1 Å². The fourth-order valence-electron chi connectivity index (χ4n) is 2.50. The van der Waals surface area contributed by atoms with Crippen molar-refractivity contribution in [2.24, 2.45) is 0 Å². The average molecular weight is 413 g/mol. The lowest BCUT2D eigenvalue weighted by Gasteiger charge is -2.09. The Kier molecular flexibility index (Phi) is 6.91. The normalized spacial score (nSPS) is 10.4. The zero-order valence-electron chi connectivity index (χ0n) is 15.8. The van der Waals surface area contributed by atoms with Crippen LogP contribution in [0.1, 0.15) is 17.7 Å². The molecule has 6 nitrogen and oxygen atoms in total. The van der Waals surface area contributed by atoms with Crippen LogP contribution in [0.2, 0.25) is 0 Å². The molecule has 0 saturated heterocycles. The fraction of sp³-hybridized carbons (Fsp3) is 0.190. The van der Waals surface area contributed by atoms with E-state index in [0.717, 1.165) is 16.9 Å². The Morgan fingerprint density at radius 1 is 1.07 bits per heavy atom. The Morgan fingerprint density at radius 3 is 2.55 bits per heavy atom. The second kappa shape index (κ2) is 9.79. The minimum atomic E-state index is -0.380. The molecule has 0 aliphatic heterocycles. The zero-order chi connectivity index (χ0) is 20.6. The van der Waals surface area contributed by atoms with Crippen LogP contribution in [0.4, 0.5) is 4.39 Å². The topological polar surface area (TPSA) is 80.3 Å². The van der Waals surface area contributed by atoms with Gasteiger partial charge in [-0.1, -0.05) is 18.2 Å². The van der Waals surface area contributed by atoms with Gasteiger partial charge in [-0.25, -0.2) is 9.37 Å². The van der Waals surface area contributed by atoms with Crippen LogP contribution in [0, 0.1) is 12.7 Å². The van der Waals surface area contributed by atoms with E-state index in [0.29, 0.717) is 10.7 Å². The summed E-state index contributed by atoms with van der Waals surface area (Å²) in [5.41, 5.74) is 7.08. The second-order valence-corrected chi connectivity index (χ2v) is 7.15. The number of hydrazine groups is 1. The number of halogens is 1. The molecule has 2 N–H and O–H groups in total. The van der Waals surface area contributed by atoms with Gasteiger partial charge in [0.15, 0.2) is 0 Å². The molecule has 1 aromatic heterocycles.